The Hall–Kier alpha value is -2.35. The summed E-state index contributed by atoms with van der Waals surface area (Å²) in [6, 6.07) is 17.4. The highest BCUT2D eigenvalue weighted by Crippen LogP contribution is 2.30. The van der Waals surface area contributed by atoms with Gasteiger partial charge in [-0.15, -0.1) is 11.3 Å². The molecule has 1 saturated heterocycles. The molecule has 3 aromatic rings. The first-order valence-electron chi connectivity index (χ1n) is 10.8. The third-order valence-electron chi connectivity index (χ3n) is 6.13. The molecule has 0 unspecified atom stereocenters. The Balaban J connectivity index is 1.33. The molecule has 0 saturated carbocycles. The van der Waals surface area contributed by atoms with Crippen LogP contribution in [-0.4, -0.2) is 52.4 Å². The van der Waals surface area contributed by atoms with Crippen molar-refractivity contribution in [3.63, 3.8) is 0 Å². The molecular weight excluding hydrogens is 442 g/mol. The standard InChI is InChI=1S/C25H29NO4S2/c1-29-23-10-5-19(18-24(23)30-2)11-14-26-15-12-22(13-16-26)32(27,28)21-8-6-20(7-9-21)25-4-3-17-31-25/h3-10,17-18,22H,11-16H2,1-2H3. The average Bonchev–Trinajstić information content (AvgIpc) is 3.38. The van der Waals surface area contributed by atoms with Crippen LogP contribution in [-0.2, 0) is 16.3 Å². The molecule has 0 radical (unpaired) electrons. The lowest BCUT2D eigenvalue weighted by molar-refractivity contribution is 0.232. The third kappa shape index (κ3) is 5.00. The summed E-state index contributed by atoms with van der Waals surface area (Å²) in [7, 11) is -0.0343. The summed E-state index contributed by atoms with van der Waals surface area (Å²) in [6.45, 7) is 2.49. The zero-order valence-electron chi connectivity index (χ0n) is 18.5. The fraction of sp³-hybridized carbons (Fsp3) is 0.360. The average molecular weight is 472 g/mol. The Labute approximate surface area is 194 Å². The summed E-state index contributed by atoms with van der Waals surface area (Å²) in [6.07, 6.45) is 2.23. The predicted molar refractivity (Wildman–Crippen MR) is 130 cm³/mol. The number of nitrogens with zero attached hydrogens (tertiary/aromatic N) is 1. The number of sulfone groups is 1. The fourth-order valence-electron chi connectivity index (χ4n) is 4.21. The lowest BCUT2D eigenvalue weighted by Gasteiger charge is -2.31. The molecule has 1 aromatic heterocycles. The number of thiophene rings is 1. The van der Waals surface area contributed by atoms with Crippen LogP contribution in [0.15, 0.2) is 64.9 Å². The summed E-state index contributed by atoms with van der Waals surface area (Å²) in [5, 5.41) is 1.71. The van der Waals surface area contributed by atoms with Crippen LogP contribution in [0.1, 0.15) is 18.4 Å². The second-order valence-corrected chi connectivity index (χ2v) is 11.2. The Bertz CT molecular complexity index is 1120. The Kier molecular flexibility index (Phi) is 7.18. The van der Waals surface area contributed by atoms with Crippen molar-refractivity contribution in [2.45, 2.75) is 29.4 Å². The molecule has 5 nitrogen and oxygen atoms in total. The van der Waals surface area contributed by atoms with Crippen molar-refractivity contribution in [2.75, 3.05) is 33.9 Å². The maximum Gasteiger partial charge on any atom is 0.181 e. The van der Waals surface area contributed by atoms with Crippen molar-refractivity contribution in [2.24, 2.45) is 0 Å². The molecule has 7 heteroatoms. The van der Waals surface area contributed by atoms with Gasteiger partial charge in [-0.25, -0.2) is 8.42 Å². The van der Waals surface area contributed by atoms with Crippen LogP contribution < -0.4 is 9.47 Å². The van der Waals surface area contributed by atoms with E-state index in [4.69, 9.17) is 9.47 Å². The third-order valence-corrected chi connectivity index (χ3v) is 9.32. The molecule has 1 fully saturated rings. The highest BCUT2D eigenvalue weighted by molar-refractivity contribution is 7.92. The van der Waals surface area contributed by atoms with Crippen molar-refractivity contribution < 1.29 is 17.9 Å². The van der Waals surface area contributed by atoms with Crippen molar-refractivity contribution in [3.8, 4) is 21.9 Å². The number of hydrogen-bond acceptors (Lipinski definition) is 6. The van der Waals surface area contributed by atoms with Gasteiger partial charge in [-0.2, -0.15) is 0 Å². The number of hydrogen-bond donors (Lipinski definition) is 0. The molecule has 0 N–H and O–H groups in total. The molecule has 2 heterocycles. The Morgan fingerprint density at radius 3 is 2.31 bits per heavy atom. The summed E-state index contributed by atoms with van der Waals surface area (Å²) in [5.74, 6) is 1.46. The number of likely N-dealkylation sites (tertiary alicyclic amines) is 1. The van der Waals surface area contributed by atoms with E-state index in [0.717, 1.165) is 48.0 Å². The van der Waals surface area contributed by atoms with Gasteiger partial charge in [-0.05, 0) is 79.2 Å². The van der Waals surface area contributed by atoms with E-state index in [1.807, 2.05) is 41.8 Å². The minimum Gasteiger partial charge on any atom is -0.493 e. The van der Waals surface area contributed by atoms with Crippen LogP contribution in [0.2, 0.25) is 0 Å². The molecule has 1 aliphatic heterocycles. The van der Waals surface area contributed by atoms with Crippen molar-refractivity contribution in [1.29, 1.82) is 0 Å². The molecule has 0 amide bonds. The van der Waals surface area contributed by atoms with Crippen molar-refractivity contribution >= 4 is 21.2 Å². The van der Waals surface area contributed by atoms with Gasteiger partial charge in [0.05, 0.1) is 24.4 Å². The van der Waals surface area contributed by atoms with Crippen LogP contribution in [0.3, 0.4) is 0 Å². The van der Waals surface area contributed by atoms with Crippen molar-refractivity contribution in [1.82, 2.24) is 4.90 Å². The molecule has 170 valence electrons. The molecule has 0 aliphatic carbocycles. The first kappa shape index (κ1) is 22.8. The Morgan fingerprint density at radius 2 is 1.69 bits per heavy atom. The van der Waals surface area contributed by atoms with Crippen LogP contribution in [0.4, 0.5) is 0 Å². The van der Waals surface area contributed by atoms with E-state index >= 15 is 0 Å². The quantitative estimate of drug-likeness (QED) is 0.467. The van der Waals surface area contributed by atoms with Gasteiger partial charge < -0.3 is 14.4 Å². The molecule has 4 rings (SSSR count). The van der Waals surface area contributed by atoms with Crippen LogP contribution in [0, 0.1) is 0 Å². The van der Waals surface area contributed by atoms with Crippen molar-refractivity contribution in [3.05, 3.63) is 65.5 Å². The maximum atomic E-state index is 13.2. The minimum atomic E-state index is -3.31. The van der Waals surface area contributed by atoms with Gasteiger partial charge >= 0.3 is 0 Å². The van der Waals surface area contributed by atoms with Crippen LogP contribution in [0.5, 0.6) is 11.5 Å². The summed E-state index contributed by atoms with van der Waals surface area (Å²) >= 11 is 1.66. The number of piperidine rings is 1. The normalized spacial score (nSPS) is 15.6. The largest absolute Gasteiger partial charge is 0.493 e. The summed E-state index contributed by atoms with van der Waals surface area (Å²) < 4.78 is 37.0. The lowest BCUT2D eigenvalue weighted by Crippen LogP contribution is -2.40. The monoisotopic (exact) mass is 471 g/mol. The van der Waals surface area contributed by atoms with E-state index in [2.05, 4.69) is 11.0 Å². The van der Waals surface area contributed by atoms with E-state index in [1.54, 1.807) is 37.7 Å². The van der Waals surface area contributed by atoms with E-state index in [9.17, 15) is 8.42 Å². The van der Waals surface area contributed by atoms with E-state index in [1.165, 1.54) is 5.56 Å². The van der Waals surface area contributed by atoms with Gasteiger partial charge in [-0.3, -0.25) is 0 Å². The van der Waals surface area contributed by atoms with Gasteiger partial charge in [0, 0.05) is 11.4 Å². The van der Waals surface area contributed by atoms with Gasteiger partial charge in [0.15, 0.2) is 21.3 Å². The van der Waals surface area contributed by atoms with E-state index in [0.29, 0.717) is 17.7 Å². The molecule has 32 heavy (non-hydrogen) atoms. The first-order valence-corrected chi connectivity index (χ1v) is 13.2. The second-order valence-electron chi connectivity index (χ2n) is 8.03. The summed E-state index contributed by atoms with van der Waals surface area (Å²) in [4.78, 5) is 3.93. The topological polar surface area (TPSA) is 55.8 Å². The zero-order chi connectivity index (χ0) is 22.6. The lowest BCUT2D eigenvalue weighted by atomic mass is 10.1. The zero-order valence-corrected chi connectivity index (χ0v) is 20.1. The molecule has 0 spiro atoms. The second kappa shape index (κ2) is 10.1. The van der Waals surface area contributed by atoms with Gasteiger partial charge in [0.25, 0.3) is 0 Å². The van der Waals surface area contributed by atoms with Crippen LogP contribution in [0.25, 0.3) is 10.4 Å². The van der Waals surface area contributed by atoms with Gasteiger partial charge in [-0.1, -0.05) is 24.3 Å². The molecular formula is C25H29NO4S2. The molecule has 0 atom stereocenters. The van der Waals surface area contributed by atoms with E-state index < -0.39 is 9.84 Å². The summed E-state index contributed by atoms with van der Waals surface area (Å²) in [5.41, 5.74) is 2.24. The Morgan fingerprint density at radius 1 is 0.969 bits per heavy atom. The highest BCUT2D eigenvalue weighted by Gasteiger charge is 2.31. The van der Waals surface area contributed by atoms with Crippen LogP contribution >= 0.6 is 11.3 Å². The molecule has 1 aliphatic rings. The fourth-order valence-corrected chi connectivity index (χ4v) is 6.68. The maximum absolute atomic E-state index is 13.2. The van der Waals surface area contributed by atoms with E-state index in [-0.39, 0.29) is 5.25 Å². The van der Waals surface area contributed by atoms with Gasteiger partial charge in [0.1, 0.15) is 0 Å². The molecule has 2 aromatic carbocycles. The SMILES string of the molecule is COc1ccc(CCN2CCC(S(=O)(=O)c3ccc(-c4cccs4)cc3)CC2)cc1OC. The first-order chi connectivity index (χ1) is 15.5. The smallest absolute Gasteiger partial charge is 0.181 e. The number of ether oxygens (including phenoxy) is 2. The highest BCUT2D eigenvalue weighted by atomic mass is 32.2. The minimum absolute atomic E-state index is 0.313. The molecule has 0 bridgehead atoms. The van der Waals surface area contributed by atoms with Gasteiger partial charge in [0.2, 0.25) is 0 Å². The number of benzene rings is 2. The predicted octanol–water partition coefficient (Wildman–Crippen LogP) is 4.91. The number of rotatable bonds is 8. The number of methoxy groups -OCH3 is 2.